The van der Waals surface area contributed by atoms with Crippen LogP contribution in [-0.4, -0.2) is 23.3 Å². The highest BCUT2D eigenvalue weighted by Gasteiger charge is 2.45. The Balaban J connectivity index is 1.98. The highest BCUT2D eigenvalue weighted by Crippen LogP contribution is 2.39. The molecule has 0 radical (unpaired) electrons. The van der Waals surface area contributed by atoms with E-state index in [4.69, 9.17) is 11.2 Å². The fourth-order valence-corrected chi connectivity index (χ4v) is 1.47. The molecule has 2 fully saturated rings. The molecule has 2 rings (SSSR count). The summed E-state index contributed by atoms with van der Waals surface area (Å²) in [4.78, 5) is 10.5. The summed E-state index contributed by atoms with van der Waals surface area (Å²) >= 11 is 0. The Morgan fingerprint density at radius 3 is 3.10 bits per heavy atom. The molecule has 0 aromatic rings. The third-order valence-corrected chi connectivity index (χ3v) is 2.18. The lowest BCUT2D eigenvalue weighted by Gasteiger charge is -2.12. The van der Waals surface area contributed by atoms with Gasteiger partial charge >= 0.3 is 5.97 Å². The van der Waals surface area contributed by atoms with Crippen LogP contribution in [-0.2, 0) is 9.53 Å². The van der Waals surface area contributed by atoms with Crippen LogP contribution in [0.15, 0.2) is 0 Å². The normalized spacial score (nSPS) is 53.0. The van der Waals surface area contributed by atoms with Crippen molar-refractivity contribution in [2.75, 3.05) is 0 Å². The van der Waals surface area contributed by atoms with E-state index in [-0.39, 0.29) is 12.0 Å². The van der Waals surface area contributed by atoms with Gasteiger partial charge in [-0.3, -0.25) is 4.79 Å². The molecule has 1 saturated carbocycles. The topological polar surface area (TPSA) is 49.8 Å². The van der Waals surface area contributed by atoms with Crippen LogP contribution in [0, 0.1) is 5.92 Å². The molecule has 3 heteroatoms. The molecule has 0 amide bonds. The van der Waals surface area contributed by atoms with E-state index in [1.165, 1.54) is 0 Å². The van der Waals surface area contributed by atoms with Crippen LogP contribution in [0.2, 0.25) is 0 Å². The van der Waals surface area contributed by atoms with Crippen molar-refractivity contribution in [2.24, 2.45) is 5.92 Å². The molecule has 0 aromatic heterocycles. The number of rotatable bonds is 1. The van der Waals surface area contributed by atoms with Gasteiger partial charge in [-0.2, -0.15) is 0 Å². The predicted molar refractivity (Wildman–Crippen MR) is 33.6 cm³/mol. The molecule has 56 valence electrons. The molecule has 1 saturated heterocycles. The summed E-state index contributed by atoms with van der Waals surface area (Å²) in [5, 5.41) is 8.64. The molecule has 3 unspecified atom stereocenters. The van der Waals surface area contributed by atoms with E-state index in [1.54, 1.807) is 0 Å². The average Bonchev–Trinajstić information content (AvgIpc) is 2.58. The lowest BCUT2D eigenvalue weighted by Crippen LogP contribution is -2.21. The van der Waals surface area contributed by atoms with Gasteiger partial charge in [-0.1, -0.05) is 0 Å². The monoisotopic (exact) mass is 143 g/mol. The van der Waals surface area contributed by atoms with Gasteiger partial charge in [0.1, 0.15) is 0 Å². The summed E-state index contributed by atoms with van der Waals surface area (Å²) in [6.07, 6.45) is 0.895. The van der Waals surface area contributed by atoms with Crippen molar-refractivity contribution in [3.8, 4) is 0 Å². The van der Waals surface area contributed by atoms with E-state index in [2.05, 4.69) is 0 Å². The van der Waals surface area contributed by atoms with Gasteiger partial charge in [0.2, 0.25) is 0 Å². The molecule has 1 aliphatic heterocycles. The SMILES string of the molecule is [2H]C12CCC(C(=O)O)CC1O2. The van der Waals surface area contributed by atoms with Crippen molar-refractivity contribution < 1.29 is 16.0 Å². The van der Waals surface area contributed by atoms with Crippen molar-refractivity contribution in [2.45, 2.75) is 31.4 Å². The molecule has 1 aliphatic carbocycles. The Morgan fingerprint density at radius 2 is 2.50 bits per heavy atom. The first-order valence-corrected chi connectivity index (χ1v) is 3.52. The lowest BCUT2D eigenvalue weighted by atomic mass is 9.90. The molecule has 3 atom stereocenters. The van der Waals surface area contributed by atoms with Crippen LogP contribution < -0.4 is 0 Å². The van der Waals surface area contributed by atoms with Gasteiger partial charge in [0.15, 0.2) is 0 Å². The molecule has 2 aliphatic rings. The minimum absolute atomic E-state index is 0.0997. The van der Waals surface area contributed by atoms with Gasteiger partial charge in [-0.25, -0.2) is 0 Å². The summed E-state index contributed by atoms with van der Waals surface area (Å²) in [5.41, 5.74) is 0. The summed E-state index contributed by atoms with van der Waals surface area (Å²) in [6, 6.07) is 0. The first-order valence-electron chi connectivity index (χ1n) is 4.02. The number of fused-ring (bicyclic) bond motifs is 1. The van der Waals surface area contributed by atoms with Crippen molar-refractivity contribution >= 4 is 5.97 Å². The molecule has 0 spiro atoms. The molecule has 1 N–H and O–H groups in total. The second-order valence-electron chi connectivity index (χ2n) is 2.88. The molecule has 3 nitrogen and oxygen atoms in total. The fraction of sp³-hybridized carbons (Fsp3) is 0.857. The van der Waals surface area contributed by atoms with Crippen LogP contribution in [0.5, 0.6) is 0 Å². The number of carbonyl (C=O) groups is 1. The molecule has 1 heterocycles. The van der Waals surface area contributed by atoms with Gasteiger partial charge in [0, 0.05) is 0 Å². The van der Waals surface area contributed by atoms with Gasteiger partial charge in [0.05, 0.1) is 19.5 Å². The van der Waals surface area contributed by atoms with E-state index in [1.807, 2.05) is 0 Å². The maximum atomic E-state index is 10.5. The molecule has 0 aromatic carbocycles. The molecule has 0 bridgehead atoms. The minimum atomic E-state index is -0.748. The van der Waals surface area contributed by atoms with E-state index in [9.17, 15) is 4.79 Å². The Hall–Kier alpha value is -0.570. The van der Waals surface area contributed by atoms with E-state index in [0.29, 0.717) is 19.3 Å². The lowest BCUT2D eigenvalue weighted by molar-refractivity contribution is -0.142. The van der Waals surface area contributed by atoms with Crippen molar-refractivity contribution in [3.63, 3.8) is 0 Å². The van der Waals surface area contributed by atoms with Gasteiger partial charge < -0.3 is 9.84 Å². The van der Waals surface area contributed by atoms with Crippen LogP contribution in [0.4, 0.5) is 0 Å². The van der Waals surface area contributed by atoms with Crippen molar-refractivity contribution in [1.82, 2.24) is 0 Å². The zero-order valence-corrected chi connectivity index (χ0v) is 5.54. The minimum Gasteiger partial charge on any atom is -0.481 e. The fourth-order valence-electron chi connectivity index (χ4n) is 1.47. The molecular formula is C7H10O3. The van der Waals surface area contributed by atoms with Crippen LogP contribution in [0.1, 0.15) is 20.6 Å². The number of epoxide rings is 1. The van der Waals surface area contributed by atoms with Crippen molar-refractivity contribution in [3.05, 3.63) is 0 Å². The van der Waals surface area contributed by atoms with Gasteiger partial charge in [0.25, 0.3) is 0 Å². The number of ether oxygens (including phenoxy) is 1. The summed E-state index contributed by atoms with van der Waals surface area (Å²) in [6.45, 7) is 0. The van der Waals surface area contributed by atoms with E-state index < -0.39 is 12.0 Å². The van der Waals surface area contributed by atoms with Crippen LogP contribution in [0.3, 0.4) is 0 Å². The highest BCUT2D eigenvalue weighted by molar-refractivity contribution is 5.70. The standard InChI is InChI=1S/C7H10O3/c8-7(9)4-1-2-5-6(3-4)10-5/h4-6H,1-3H2,(H,8,9)/i5D. The Morgan fingerprint density at radius 1 is 1.70 bits per heavy atom. The maximum absolute atomic E-state index is 10.5. The first kappa shape index (κ1) is 5.13. The number of aliphatic carboxylic acids is 1. The highest BCUT2D eigenvalue weighted by atomic mass is 16.6. The second kappa shape index (κ2) is 1.95. The molecular weight excluding hydrogens is 132 g/mol. The maximum Gasteiger partial charge on any atom is 0.306 e. The number of carboxylic acid groups (broad SMARTS) is 1. The van der Waals surface area contributed by atoms with Crippen LogP contribution in [0.25, 0.3) is 0 Å². The van der Waals surface area contributed by atoms with Gasteiger partial charge in [-0.15, -0.1) is 0 Å². The largest absolute Gasteiger partial charge is 0.481 e. The number of hydrogen-bond acceptors (Lipinski definition) is 2. The Labute approximate surface area is 60.4 Å². The predicted octanol–water partition coefficient (Wildman–Crippen LogP) is 0.639. The van der Waals surface area contributed by atoms with Gasteiger partial charge in [-0.05, 0) is 19.3 Å². The summed E-state index contributed by atoms with van der Waals surface area (Å²) < 4.78 is 12.6. The zero-order valence-electron chi connectivity index (χ0n) is 6.54. The Kier molecular flexibility index (Phi) is 1.00. The second-order valence-corrected chi connectivity index (χ2v) is 2.88. The van der Waals surface area contributed by atoms with E-state index in [0.717, 1.165) is 0 Å². The number of carboxylic acids is 1. The smallest absolute Gasteiger partial charge is 0.306 e. The zero-order chi connectivity index (χ0) is 8.06. The number of hydrogen-bond donors (Lipinski definition) is 1. The summed E-state index contributed by atoms with van der Waals surface area (Å²) in [5.74, 6) is -1.02. The quantitative estimate of drug-likeness (QED) is 0.548. The third-order valence-electron chi connectivity index (χ3n) is 2.18. The first-order chi connectivity index (χ1) is 5.12. The average molecular weight is 143 g/mol. The summed E-state index contributed by atoms with van der Waals surface area (Å²) in [7, 11) is 0. The Bertz CT molecular complexity index is 206. The van der Waals surface area contributed by atoms with Crippen LogP contribution >= 0.6 is 0 Å². The van der Waals surface area contributed by atoms with E-state index >= 15 is 0 Å². The molecule has 10 heavy (non-hydrogen) atoms. The third kappa shape index (κ3) is 0.904. The van der Waals surface area contributed by atoms with Crippen molar-refractivity contribution in [1.29, 1.82) is 0 Å².